The quantitative estimate of drug-likeness (QED) is 0.143. The van der Waals surface area contributed by atoms with Gasteiger partial charge < -0.3 is 39.5 Å². The Morgan fingerprint density at radius 1 is 0.933 bits per heavy atom. The van der Waals surface area contributed by atoms with Crippen molar-refractivity contribution >= 4 is 21.8 Å². The molecule has 4 N–H and O–H groups in total. The number of rotatable bonds is 15. The molecule has 45 heavy (non-hydrogen) atoms. The van der Waals surface area contributed by atoms with Crippen LogP contribution in [0.3, 0.4) is 0 Å². The summed E-state index contributed by atoms with van der Waals surface area (Å²) in [5.74, 6) is 2.16. The van der Waals surface area contributed by atoms with E-state index in [0.717, 1.165) is 71.9 Å². The number of hydrogen-bond acceptors (Lipinski definition) is 8. The van der Waals surface area contributed by atoms with Gasteiger partial charge in [0.2, 0.25) is 0 Å². The van der Waals surface area contributed by atoms with Gasteiger partial charge in [0.15, 0.2) is 11.5 Å². The maximum absolute atomic E-state index is 10.5. The van der Waals surface area contributed by atoms with E-state index < -0.39 is 6.10 Å². The highest BCUT2D eigenvalue weighted by Gasteiger charge is 2.34. The van der Waals surface area contributed by atoms with Crippen molar-refractivity contribution in [3.8, 4) is 17.2 Å². The first-order valence-corrected chi connectivity index (χ1v) is 16.4. The van der Waals surface area contributed by atoms with Crippen LogP contribution in [0.1, 0.15) is 37.7 Å². The number of aromatic amines is 1. The van der Waals surface area contributed by atoms with Gasteiger partial charge in [-0.25, -0.2) is 0 Å². The minimum Gasteiger partial charge on any atom is -0.493 e. The number of nitrogens with one attached hydrogen (secondary N) is 2. The fourth-order valence-electron chi connectivity index (χ4n) is 6.81. The molecule has 1 aromatic heterocycles. The number of fused-ring (bicyclic) bond motifs is 3. The molecule has 1 saturated heterocycles. The molecule has 1 saturated carbocycles. The van der Waals surface area contributed by atoms with Gasteiger partial charge in [-0.3, -0.25) is 4.90 Å². The number of likely N-dealkylation sites (tertiary alicyclic amines) is 1. The molecular weight excluding hydrogens is 570 g/mol. The topological polar surface area (TPSA) is 108 Å². The lowest BCUT2D eigenvalue weighted by Gasteiger charge is -2.37. The molecule has 1 aliphatic heterocycles. The van der Waals surface area contributed by atoms with Crippen molar-refractivity contribution in [2.45, 2.75) is 62.9 Å². The Hall–Kier alpha value is -3.34. The zero-order valence-electron chi connectivity index (χ0n) is 26.2. The average Bonchev–Trinajstić information content (AvgIpc) is 3.68. The molecule has 4 atom stereocenters. The molecule has 6 rings (SSSR count). The number of aromatic nitrogens is 1. The van der Waals surface area contributed by atoms with E-state index in [1.54, 1.807) is 7.11 Å². The number of β-amino-alcohol motifs (C(OH)–C–C–N with tert-alkyl or cyclic N) is 1. The minimum atomic E-state index is -0.660. The number of benzene rings is 3. The van der Waals surface area contributed by atoms with Crippen molar-refractivity contribution in [1.82, 2.24) is 15.2 Å². The van der Waals surface area contributed by atoms with Crippen LogP contribution in [0.25, 0.3) is 21.8 Å². The van der Waals surface area contributed by atoms with Crippen LogP contribution in [-0.4, -0.2) is 97.6 Å². The van der Waals surface area contributed by atoms with Crippen molar-refractivity contribution in [2.24, 2.45) is 0 Å². The number of methoxy groups -OCH3 is 1. The number of para-hydroxylation sites is 1. The molecule has 3 aromatic carbocycles. The van der Waals surface area contributed by atoms with E-state index in [9.17, 15) is 10.2 Å². The molecule has 242 valence electrons. The normalized spacial score (nSPS) is 21.4. The summed E-state index contributed by atoms with van der Waals surface area (Å²) in [6.07, 6.45) is 5.75. The first-order chi connectivity index (χ1) is 22.1. The Labute approximate surface area is 265 Å². The van der Waals surface area contributed by atoms with Crippen molar-refractivity contribution in [2.75, 3.05) is 53.1 Å². The number of H-pyrrole nitrogens is 1. The Morgan fingerprint density at radius 2 is 1.80 bits per heavy atom. The zero-order valence-corrected chi connectivity index (χ0v) is 26.2. The molecule has 0 bridgehead atoms. The number of ether oxygens (including phenoxy) is 4. The van der Waals surface area contributed by atoms with Crippen LogP contribution >= 0.6 is 0 Å². The third-order valence-electron chi connectivity index (χ3n) is 9.12. The van der Waals surface area contributed by atoms with Crippen LogP contribution < -0.4 is 19.5 Å². The second-order valence-corrected chi connectivity index (χ2v) is 12.3. The van der Waals surface area contributed by atoms with Gasteiger partial charge in [-0.1, -0.05) is 43.2 Å². The van der Waals surface area contributed by atoms with E-state index in [0.29, 0.717) is 43.8 Å². The summed E-state index contributed by atoms with van der Waals surface area (Å²) in [6.45, 7) is 4.00. The summed E-state index contributed by atoms with van der Waals surface area (Å²) in [6, 6.07) is 20.6. The van der Waals surface area contributed by atoms with Gasteiger partial charge >= 0.3 is 0 Å². The SMILES string of the molecule is COc1cc(CCO[C@H]2CCCC[C@H]2N2CCC(O)C2)ccc1OCCNC[C@H](O)COc1cccc2[nH]c3ccccc3c12. The molecule has 0 spiro atoms. The monoisotopic (exact) mass is 617 g/mol. The molecular formula is C36H47N3O6. The summed E-state index contributed by atoms with van der Waals surface area (Å²) in [7, 11) is 1.66. The number of nitrogens with zero attached hydrogens (tertiary/aromatic N) is 1. The fourth-order valence-corrected chi connectivity index (χ4v) is 6.81. The molecule has 2 fully saturated rings. The summed E-state index contributed by atoms with van der Waals surface area (Å²) in [5.41, 5.74) is 3.23. The molecule has 1 aliphatic carbocycles. The van der Waals surface area contributed by atoms with Crippen LogP contribution in [-0.2, 0) is 11.2 Å². The Kier molecular flexibility index (Phi) is 10.8. The Morgan fingerprint density at radius 3 is 2.67 bits per heavy atom. The van der Waals surface area contributed by atoms with E-state index in [1.807, 2.05) is 42.5 Å². The van der Waals surface area contributed by atoms with Gasteiger partial charge in [-0.2, -0.15) is 0 Å². The highest BCUT2D eigenvalue weighted by molar-refractivity contribution is 6.10. The standard InChI is InChI=1S/C36H47N3O6/c1-42-35-21-25(16-19-43-32-11-5-4-10-31(32)39-18-15-26(40)23-39)13-14-33(35)44-20-17-37-22-27(41)24-45-34-12-6-9-30-36(34)28-7-2-3-8-29(28)38-30/h2-3,6-9,12-14,21,26-27,31-32,37-38,40-41H,4-5,10-11,15-20,22-24H2,1H3/t26?,27-,31+,32-/m0/s1. The largest absolute Gasteiger partial charge is 0.493 e. The molecule has 4 aromatic rings. The molecule has 0 radical (unpaired) electrons. The maximum Gasteiger partial charge on any atom is 0.161 e. The predicted octanol–water partition coefficient (Wildman–Crippen LogP) is 4.67. The van der Waals surface area contributed by atoms with Crippen LogP contribution in [0.2, 0.25) is 0 Å². The first kappa shape index (κ1) is 31.6. The first-order valence-electron chi connectivity index (χ1n) is 16.4. The predicted molar refractivity (Wildman–Crippen MR) is 177 cm³/mol. The maximum atomic E-state index is 10.5. The lowest BCUT2D eigenvalue weighted by molar-refractivity contribution is -0.0316. The number of aliphatic hydroxyl groups excluding tert-OH is 2. The lowest BCUT2D eigenvalue weighted by Crippen LogP contribution is -2.46. The van der Waals surface area contributed by atoms with E-state index in [1.165, 1.54) is 12.8 Å². The van der Waals surface area contributed by atoms with Gasteiger partial charge in [-0.15, -0.1) is 0 Å². The third-order valence-corrected chi connectivity index (χ3v) is 9.12. The van der Waals surface area contributed by atoms with Crippen molar-refractivity contribution in [1.29, 1.82) is 0 Å². The minimum absolute atomic E-state index is 0.189. The summed E-state index contributed by atoms with van der Waals surface area (Å²) >= 11 is 0. The van der Waals surface area contributed by atoms with Gasteiger partial charge in [0.25, 0.3) is 0 Å². The lowest BCUT2D eigenvalue weighted by atomic mass is 9.91. The second-order valence-electron chi connectivity index (χ2n) is 12.3. The highest BCUT2D eigenvalue weighted by atomic mass is 16.5. The van der Waals surface area contributed by atoms with Crippen molar-refractivity contribution in [3.05, 3.63) is 66.2 Å². The average molecular weight is 618 g/mol. The van der Waals surface area contributed by atoms with Gasteiger partial charge in [0, 0.05) is 48.5 Å². The van der Waals surface area contributed by atoms with Crippen LogP contribution in [0.15, 0.2) is 60.7 Å². The van der Waals surface area contributed by atoms with Crippen molar-refractivity contribution < 1.29 is 29.2 Å². The van der Waals surface area contributed by atoms with Gasteiger partial charge in [-0.05, 0) is 61.6 Å². The number of aliphatic hydroxyl groups is 2. The van der Waals surface area contributed by atoms with E-state index in [2.05, 4.69) is 33.4 Å². The molecule has 2 heterocycles. The molecule has 1 unspecified atom stereocenters. The van der Waals surface area contributed by atoms with Crippen LogP contribution in [0.4, 0.5) is 0 Å². The summed E-state index contributed by atoms with van der Waals surface area (Å²) in [5, 5.41) is 25.9. The van der Waals surface area contributed by atoms with Crippen LogP contribution in [0, 0.1) is 0 Å². The Bertz CT molecular complexity index is 1530. The fraction of sp³-hybridized carbons (Fsp3) is 0.500. The van der Waals surface area contributed by atoms with Gasteiger partial charge in [0.1, 0.15) is 25.1 Å². The molecule has 2 aliphatic rings. The molecule has 9 nitrogen and oxygen atoms in total. The molecule has 0 amide bonds. The van der Waals surface area contributed by atoms with Crippen LogP contribution in [0.5, 0.6) is 17.2 Å². The highest BCUT2D eigenvalue weighted by Crippen LogP contribution is 2.33. The van der Waals surface area contributed by atoms with E-state index in [-0.39, 0.29) is 18.8 Å². The van der Waals surface area contributed by atoms with E-state index in [4.69, 9.17) is 18.9 Å². The Balaban J connectivity index is 0.910. The third kappa shape index (κ3) is 7.91. The second kappa shape index (κ2) is 15.3. The summed E-state index contributed by atoms with van der Waals surface area (Å²) in [4.78, 5) is 5.85. The summed E-state index contributed by atoms with van der Waals surface area (Å²) < 4.78 is 24.0. The van der Waals surface area contributed by atoms with Crippen molar-refractivity contribution in [3.63, 3.8) is 0 Å². The molecule has 9 heteroatoms. The smallest absolute Gasteiger partial charge is 0.161 e. The number of hydrogen-bond donors (Lipinski definition) is 4. The van der Waals surface area contributed by atoms with E-state index >= 15 is 0 Å². The zero-order chi connectivity index (χ0) is 31.0. The van der Waals surface area contributed by atoms with Gasteiger partial charge in [0.05, 0.1) is 31.4 Å².